The minimum Gasteiger partial charge on any atom is -0.434 e. The Kier molecular flexibility index (Phi) is 3.45. The number of aromatic nitrogens is 3. The first-order valence-corrected chi connectivity index (χ1v) is 7.01. The minimum absolute atomic E-state index is 0.260. The van der Waals surface area contributed by atoms with E-state index >= 15 is 0 Å². The molecule has 0 aliphatic heterocycles. The van der Waals surface area contributed by atoms with E-state index in [0.29, 0.717) is 31.7 Å². The number of fused-ring (bicyclic) bond motifs is 1. The second-order valence-corrected chi connectivity index (χ2v) is 5.60. The summed E-state index contributed by atoms with van der Waals surface area (Å²) in [5.41, 5.74) is 6.26. The molecule has 0 bridgehead atoms. The maximum atomic E-state index is 6.12. The SMILES string of the molecule is Nc1cn2ccnc2c(Oc2cc(Cl)c(Br)cc2Cl)n1. The molecule has 2 aromatic heterocycles. The number of nitrogens with two attached hydrogens (primary N) is 1. The largest absolute Gasteiger partial charge is 0.434 e. The maximum absolute atomic E-state index is 6.12. The van der Waals surface area contributed by atoms with E-state index in [1.54, 1.807) is 35.1 Å². The van der Waals surface area contributed by atoms with Crippen LogP contribution in [-0.4, -0.2) is 14.4 Å². The van der Waals surface area contributed by atoms with Gasteiger partial charge in [-0.3, -0.25) is 4.40 Å². The number of nitrogens with zero attached hydrogens (tertiary/aromatic N) is 3. The second kappa shape index (κ2) is 5.12. The van der Waals surface area contributed by atoms with Crippen LogP contribution in [0.4, 0.5) is 5.82 Å². The monoisotopic (exact) mass is 372 g/mol. The number of halogens is 3. The minimum atomic E-state index is 0.260. The van der Waals surface area contributed by atoms with Gasteiger partial charge in [0, 0.05) is 22.9 Å². The Hall–Kier alpha value is -1.50. The Bertz CT molecular complexity index is 805. The van der Waals surface area contributed by atoms with Crippen LogP contribution >= 0.6 is 39.1 Å². The van der Waals surface area contributed by atoms with Gasteiger partial charge >= 0.3 is 0 Å². The number of hydrogen-bond acceptors (Lipinski definition) is 4. The van der Waals surface area contributed by atoms with Crippen molar-refractivity contribution in [3.8, 4) is 11.6 Å². The van der Waals surface area contributed by atoms with Crippen molar-refractivity contribution in [3.05, 3.63) is 45.2 Å². The molecule has 8 heteroatoms. The van der Waals surface area contributed by atoms with Crippen LogP contribution in [0, 0.1) is 0 Å². The lowest BCUT2D eigenvalue weighted by atomic mass is 10.3. The van der Waals surface area contributed by atoms with Crippen molar-refractivity contribution in [2.45, 2.75) is 0 Å². The van der Waals surface area contributed by atoms with Gasteiger partial charge in [-0.25, -0.2) is 4.98 Å². The van der Waals surface area contributed by atoms with Crippen LogP contribution in [-0.2, 0) is 0 Å². The molecule has 102 valence electrons. The number of nitrogen functional groups attached to an aromatic ring is 1. The van der Waals surface area contributed by atoms with Gasteiger partial charge in [-0.1, -0.05) is 23.2 Å². The summed E-state index contributed by atoms with van der Waals surface area (Å²) in [6.07, 6.45) is 5.02. The molecule has 2 N–H and O–H groups in total. The third-order valence-corrected chi connectivity index (χ3v) is 4.04. The lowest BCUT2D eigenvalue weighted by molar-refractivity contribution is 0.466. The highest BCUT2D eigenvalue weighted by Crippen LogP contribution is 2.36. The van der Waals surface area contributed by atoms with Crippen LogP contribution < -0.4 is 10.5 Å². The fourth-order valence-corrected chi connectivity index (χ4v) is 2.51. The molecule has 1 aromatic carbocycles. The molecule has 3 aromatic rings. The maximum Gasteiger partial charge on any atom is 0.265 e. The average Bonchev–Trinajstić information content (AvgIpc) is 2.84. The summed E-state index contributed by atoms with van der Waals surface area (Å²) in [6.45, 7) is 0. The van der Waals surface area contributed by atoms with Crippen molar-refractivity contribution in [1.82, 2.24) is 14.4 Å². The van der Waals surface area contributed by atoms with Gasteiger partial charge in [-0.15, -0.1) is 0 Å². The van der Waals surface area contributed by atoms with E-state index in [4.69, 9.17) is 33.7 Å². The van der Waals surface area contributed by atoms with Gasteiger partial charge in [0.25, 0.3) is 5.88 Å². The highest BCUT2D eigenvalue weighted by atomic mass is 79.9. The topological polar surface area (TPSA) is 65.4 Å². The molecule has 0 aliphatic carbocycles. The molecule has 3 rings (SSSR count). The Morgan fingerprint density at radius 2 is 2.05 bits per heavy atom. The van der Waals surface area contributed by atoms with Gasteiger partial charge < -0.3 is 10.5 Å². The zero-order valence-corrected chi connectivity index (χ0v) is 12.9. The zero-order chi connectivity index (χ0) is 14.3. The summed E-state index contributed by atoms with van der Waals surface area (Å²) < 4.78 is 8.08. The molecule has 0 saturated carbocycles. The van der Waals surface area contributed by atoms with Crippen molar-refractivity contribution < 1.29 is 4.74 Å². The first kappa shape index (κ1) is 13.5. The normalized spacial score (nSPS) is 10.9. The van der Waals surface area contributed by atoms with Crippen molar-refractivity contribution >= 4 is 50.6 Å². The lowest BCUT2D eigenvalue weighted by Crippen LogP contribution is -1.99. The molecule has 0 amide bonds. The summed E-state index contributed by atoms with van der Waals surface area (Å²) in [5, 5.41) is 0.878. The van der Waals surface area contributed by atoms with E-state index < -0.39 is 0 Å². The van der Waals surface area contributed by atoms with E-state index in [1.807, 2.05) is 0 Å². The van der Waals surface area contributed by atoms with Crippen LogP contribution in [0.15, 0.2) is 35.2 Å². The third-order valence-electron chi connectivity index (χ3n) is 2.54. The smallest absolute Gasteiger partial charge is 0.265 e. The summed E-state index contributed by atoms with van der Waals surface area (Å²) in [6, 6.07) is 3.24. The summed E-state index contributed by atoms with van der Waals surface area (Å²) in [4.78, 5) is 8.28. The van der Waals surface area contributed by atoms with Crippen LogP contribution in [0.25, 0.3) is 5.65 Å². The van der Waals surface area contributed by atoms with Gasteiger partial charge in [0.1, 0.15) is 11.6 Å². The van der Waals surface area contributed by atoms with Gasteiger partial charge in [0.05, 0.1) is 16.2 Å². The van der Waals surface area contributed by atoms with Gasteiger partial charge in [-0.2, -0.15) is 4.98 Å². The lowest BCUT2D eigenvalue weighted by Gasteiger charge is -2.09. The van der Waals surface area contributed by atoms with Crippen molar-refractivity contribution in [3.63, 3.8) is 0 Å². The second-order valence-electron chi connectivity index (χ2n) is 3.93. The van der Waals surface area contributed by atoms with Crippen LogP contribution in [0.3, 0.4) is 0 Å². The molecule has 0 fully saturated rings. The number of imidazole rings is 1. The molecule has 0 atom stereocenters. The zero-order valence-electron chi connectivity index (χ0n) is 9.85. The van der Waals surface area contributed by atoms with Gasteiger partial charge in [0.2, 0.25) is 5.65 Å². The molecular weight excluding hydrogens is 367 g/mol. The number of ether oxygens (including phenoxy) is 1. The number of hydrogen-bond donors (Lipinski definition) is 1. The molecule has 20 heavy (non-hydrogen) atoms. The Morgan fingerprint density at radius 1 is 1.25 bits per heavy atom. The van der Waals surface area contributed by atoms with E-state index in [1.165, 1.54) is 0 Å². The highest BCUT2D eigenvalue weighted by Gasteiger charge is 2.13. The molecule has 0 radical (unpaired) electrons. The Balaban J connectivity index is 2.09. The molecule has 0 saturated heterocycles. The van der Waals surface area contributed by atoms with Crippen molar-refractivity contribution in [2.24, 2.45) is 0 Å². The first-order valence-electron chi connectivity index (χ1n) is 5.46. The predicted octanol–water partition coefficient (Wildman–Crippen LogP) is 4.17. The number of rotatable bonds is 2. The van der Waals surface area contributed by atoms with Gasteiger partial charge in [-0.05, 0) is 22.0 Å². The van der Waals surface area contributed by atoms with Gasteiger partial charge in [0.15, 0.2) is 0 Å². The van der Waals surface area contributed by atoms with Crippen LogP contribution in [0.2, 0.25) is 10.0 Å². The standard InChI is InChI=1S/C12H7BrCl2N4O/c13-6-3-8(15)9(4-7(6)14)20-12-11-17-1-2-19(11)5-10(16)18-12/h1-5H,16H2. The molecule has 0 unspecified atom stereocenters. The van der Waals surface area contributed by atoms with E-state index in [2.05, 4.69) is 25.9 Å². The van der Waals surface area contributed by atoms with Crippen molar-refractivity contribution in [1.29, 1.82) is 0 Å². The number of benzene rings is 1. The quantitative estimate of drug-likeness (QED) is 0.684. The average molecular weight is 374 g/mol. The van der Waals surface area contributed by atoms with E-state index in [-0.39, 0.29) is 5.88 Å². The Labute approximate surface area is 132 Å². The first-order chi connectivity index (χ1) is 9.54. The fourth-order valence-electron chi connectivity index (χ4n) is 1.68. The Morgan fingerprint density at radius 3 is 2.85 bits per heavy atom. The van der Waals surface area contributed by atoms with Crippen LogP contribution in [0.1, 0.15) is 0 Å². The summed E-state index contributed by atoms with van der Waals surface area (Å²) >= 11 is 15.4. The highest BCUT2D eigenvalue weighted by molar-refractivity contribution is 9.10. The molecular formula is C12H7BrCl2N4O. The number of anilines is 1. The van der Waals surface area contributed by atoms with Crippen LogP contribution in [0.5, 0.6) is 11.6 Å². The third kappa shape index (κ3) is 2.42. The molecule has 0 spiro atoms. The van der Waals surface area contributed by atoms with Crippen molar-refractivity contribution in [2.75, 3.05) is 5.73 Å². The fraction of sp³-hybridized carbons (Fsp3) is 0. The van der Waals surface area contributed by atoms with E-state index in [0.717, 1.165) is 0 Å². The molecule has 5 nitrogen and oxygen atoms in total. The molecule has 2 heterocycles. The van der Waals surface area contributed by atoms with E-state index in [9.17, 15) is 0 Å². The molecule has 0 aliphatic rings. The summed E-state index contributed by atoms with van der Waals surface area (Å²) in [5.74, 6) is 0.947. The summed E-state index contributed by atoms with van der Waals surface area (Å²) in [7, 11) is 0. The predicted molar refractivity (Wildman–Crippen MR) is 81.6 cm³/mol.